The lowest BCUT2D eigenvalue weighted by molar-refractivity contribution is 0.255. The Labute approximate surface area is 93.5 Å². The second-order valence-corrected chi connectivity index (χ2v) is 7.29. The van der Waals surface area contributed by atoms with Gasteiger partial charge in [0.25, 0.3) is 20.2 Å². The van der Waals surface area contributed by atoms with E-state index >= 15 is 0 Å². The molecule has 1 rings (SSSR count). The Balaban J connectivity index is 3.48. The van der Waals surface area contributed by atoms with Gasteiger partial charge in [0.15, 0.2) is 9.74 Å². The summed E-state index contributed by atoms with van der Waals surface area (Å²) >= 11 is 0. The summed E-state index contributed by atoms with van der Waals surface area (Å²) in [6.07, 6.45) is -0.0697. The molecule has 0 heterocycles. The zero-order chi connectivity index (χ0) is 12.8. The molecule has 6 N–H and O–H groups in total. The molecule has 16 heavy (non-hydrogen) atoms. The summed E-state index contributed by atoms with van der Waals surface area (Å²) in [7, 11) is -9.81. The second-order valence-electron chi connectivity index (χ2n) is 3.94. The van der Waals surface area contributed by atoms with E-state index in [4.69, 9.17) is 20.6 Å². The number of hydrogen-bond acceptors (Lipinski definition) is 6. The smallest absolute Gasteiger partial charge is 0.286 e. The van der Waals surface area contributed by atoms with Gasteiger partial charge in [-0.1, -0.05) is 12.8 Å². The van der Waals surface area contributed by atoms with E-state index < -0.39 is 30.0 Å². The van der Waals surface area contributed by atoms with Crippen LogP contribution in [0.15, 0.2) is 0 Å². The highest BCUT2D eigenvalue weighted by Gasteiger charge is 2.63. The van der Waals surface area contributed by atoms with Gasteiger partial charge in [0.2, 0.25) is 0 Å². The Kier molecular flexibility index (Phi) is 3.12. The number of nitrogens with two attached hydrogens (primary N) is 2. The van der Waals surface area contributed by atoms with Gasteiger partial charge in [-0.2, -0.15) is 16.8 Å². The van der Waals surface area contributed by atoms with Gasteiger partial charge in [0, 0.05) is 0 Å². The summed E-state index contributed by atoms with van der Waals surface area (Å²) in [5.41, 5.74) is 10.8. The first kappa shape index (κ1) is 13.8. The lowest BCUT2D eigenvalue weighted by Gasteiger charge is -2.43. The summed E-state index contributed by atoms with van der Waals surface area (Å²) in [6, 6.07) is 0. The molecule has 1 aliphatic carbocycles. The van der Waals surface area contributed by atoms with Crippen molar-refractivity contribution in [2.24, 2.45) is 11.5 Å². The molecule has 0 aromatic heterocycles. The molecule has 0 radical (unpaired) electrons. The van der Waals surface area contributed by atoms with Gasteiger partial charge < -0.3 is 11.5 Å². The first-order valence-electron chi connectivity index (χ1n) is 4.47. The third kappa shape index (κ3) is 1.75. The Hall–Kier alpha value is -0.260. The zero-order valence-corrected chi connectivity index (χ0v) is 9.96. The first-order chi connectivity index (χ1) is 6.96. The minimum Gasteiger partial charge on any atom is -0.308 e. The van der Waals surface area contributed by atoms with Gasteiger partial charge in [0.1, 0.15) is 0 Å². The van der Waals surface area contributed by atoms with Crippen LogP contribution in [0.3, 0.4) is 0 Å². The molecule has 0 aromatic rings. The van der Waals surface area contributed by atoms with E-state index in [0.717, 1.165) is 0 Å². The molecule has 0 amide bonds. The molecule has 0 aliphatic heterocycles. The fraction of sp³-hybridized carbons (Fsp3) is 1.00. The molecule has 0 unspecified atom stereocenters. The monoisotopic (exact) mass is 274 g/mol. The first-order valence-corrected chi connectivity index (χ1v) is 7.35. The largest absolute Gasteiger partial charge is 0.308 e. The van der Waals surface area contributed by atoms with E-state index in [0.29, 0.717) is 12.8 Å². The van der Waals surface area contributed by atoms with Gasteiger partial charge in [-0.3, -0.25) is 9.11 Å². The van der Waals surface area contributed by atoms with Gasteiger partial charge in [-0.15, -0.1) is 0 Å². The fourth-order valence-electron chi connectivity index (χ4n) is 1.89. The third-order valence-corrected chi connectivity index (χ3v) is 6.09. The van der Waals surface area contributed by atoms with Crippen LogP contribution in [-0.4, -0.2) is 35.7 Å². The van der Waals surface area contributed by atoms with Crippen LogP contribution in [0.4, 0.5) is 0 Å². The van der Waals surface area contributed by atoms with Crippen molar-refractivity contribution in [1.82, 2.24) is 0 Å². The van der Waals surface area contributed by atoms with E-state index in [1.54, 1.807) is 0 Å². The maximum Gasteiger partial charge on any atom is 0.286 e. The molecule has 8 nitrogen and oxygen atoms in total. The van der Waals surface area contributed by atoms with Crippen molar-refractivity contribution in [3.05, 3.63) is 0 Å². The molecule has 1 aliphatic rings. The lowest BCUT2D eigenvalue weighted by Crippen LogP contribution is -2.74. The van der Waals surface area contributed by atoms with Crippen LogP contribution in [0, 0.1) is 0 Å². The quantitative estimate of drug-likeness (QED) is 0.449. The van der Waals surface area contributed by atoms with Crippen LogP contribution in [0.2, 0.25) is 0 Å². The highest BCUT2D eigenvalue weighted by molar-refractivity contribution is 7.91. The maximum atomic E-state index is 11.1. The molecule has 0 saturated heterocycles. The van der Waals surface area contributed by atoms with Gasteiger partial charge in [-0.05, 0) is 12.8 Å². The fourth-order valence-corrected chi connectivity index (χ4v) is 4.41. The second kappa shape index (κ2) is 3.62. The van der Waals surface area contributed by atoms with Crippen molar-refractivity contribution in [3.8, 4) is 0 Å². The Morgan fingerprint density at radius 3 is 1.25 bits per heavy atom. The van der Waals surface area contributed by atoms with E-state index in [9.17, 15) is 16.8 Å². The normalized spacial score (nSPS) is 37.2. The predicted octanol–water partition coefficient (Wildman–Crippen LogP) is -1.35. The highest BCUT2D eigenvalue weighted by atomic mass is 32.2. The predicted molar refractivity (Wildman–Crippen MR) is 55.4 cm³/mol. The van der Waals surface area contributed by atoms with E-state index in [1.807, 2.05) is 0 Å². The Morgan fingerprint density at radius 2 is 1.06 bits per heavy atom. The van der Waals surface area contributed by atoms with Crippen LogP contribution in [0.1, 0.15) is 25.7 Å². The van der Waals surface area contributed by atoms with Crippen molar-refractivity contribution < 1.29 is 25.9 Å². The van der Waals surface area contributed by atoms with Gasteiger partial charge in [0.05, 0.1) is 0 Å². The van der Waals surface area contributed by atoms with Crippen molar-refractivity contribution in [3.63, 3.8) is 0 Å². The lowest BCUT2D eigenvalue weighted by atomic mass is 9.90. The SMILES string of the molecule is N[C@]1(S(=O)(=O)O)CCCC[C@@]1(N)S(=O)(=O)O. The van der Waals surface area contributed by atoms with Crippen molar-refractivity contribution >= 4 is 20.2 Å². The van der Waals surface area contributed by atoms with E-state index in [2.05, 4.69) is 0 Å². The van der Waals surface area contributed by atoms with Crippen LogP contribution in [-0.2, 0) is 20.2 Å². The maximum absolute atomic E-state index is 11.1. The summed E-state index contributed by atoms with van der Waals surface area (Å²) < 4.78 is 62.6. The average molecular weight is 274 g/mol. The third-order valence-electron chi connectivity index (χ3n) is 2.98. The molecular weight excluding hydrogens is 260 g/mol. The summed E-state index contributed by atoms with van der Waals surface area (Å²) in [6.45, 7) is 0. The zero-order valence-electron chi connectivity index (χ0n) is 8.33. The van der Waals surface area contributed by atoms with Gasteiger partial charge >= 0.3 is 0 Å². The molecule has 0 spiro atoms. The number of hydrogen-bond donors (Lipinski definition) is 4. The molecule has 1 saturated carbocycles. The molecule has 96 valence electrons. The van der Waals surface area contributed by atoms with Crippen molar-refractivity contribution in [1.29, 1.82) is 0 Å². The molecule has 0 bridgehead atoms. The minimum atomic E-state index is -4.90. The topological polar surface area (TPSA) is 161 Å². The Bertz CT molecular complexity index is 439. The van der Waals surface area contributed by atoms with Crippen molar-refractivity contribution in [2.45, 2.75) is 35.4 Å². The Morgan fingerprint density at radius 1 is 0.812 bits per heavy atom. The standard InChI is InChI=1S/C6H14N2O6S2/c7-5(15(9,10)11)3-1-2-4-6(5,8)16(12,13)14/h1-4,7-8H2,(H,9,10,11)(H,12,13,14)/t5-,6+. The van der Waals surface area contributed by atoms with Crippen molar-refractivity contribution in [2.75, 3.05) is 0 Å². The van der Waals surface area contributed by atoms with E-state index in [-0.39, 0.29) is 12.8 Å². The van der Waals surface area contributed by atoms with E-state index in [1.165, 1.54) is 0 Å². The molecule has 2 atom stereocenters. The van der Waals surface area contributed by atoms with Crippen LogP contribution >= 0.6 is 0 Å². The summed E-state index contributed by atoms with van der Waals surface area (Å²) in [4.78, 5) is -5.16. The number of rotatable bonds is 2. The van der Waals surface area contributed by atoms with Crippen LogP contribution < -0.4 is 11.5 Å². The highest BCUT2D eigenvalue weighted by Crippen LogP contribution is 2.40. The summed E-state index contributed by atoms with van der Waals surface area (Å²) in [5.74, 6) is 0. The summed E-state index contributed by atoms with van der Waals surface area (Å²) in [5, 5.41) is 0. The van der Waals surface area contributed by atoms with Crippen LogP contribution in [0.25, 0.3) is 0 Å². The van der Waals surface area contributed by atoms with Gasteiger partial charge in [-0.25, -0.2) is 0 Å². The molecule has 1 fully saturated rings. The minimum absolute atomic E-state index is 0.296. The molecule has 10 heteroatoms. The van der Waals surface area contributed by atoms with Crippen LogP contribution in [0.5, 0.6) is 0 Å². The molecule has 0 aromatic carbocycles. The average Bonchev–Trinajstić information content (AvgIpc) is 2.06. The molecular formula is C6H14N2O6S2.